The van der Waals surface area contributed by atoms with Crippen molar-refractivity contribution in [3.8, 4) is 6.07 Å². The van der Waals surface area contributed by atoms with E-state index in [-0.39, 0.29) is 22.1 Å². The van der Waals surface area contributed by atoms with E-state index in [1.807, 2.05) is 25.1 Å². The minimum Gasteiger partial charge on any atom is -0.468 e. The van der Waals surface area contributed by atoms with Crippen LogP contribution in [0, 0.1) is 24.2 Å². The van der Waals surface area contributed by atoms with Crippen molar-refractivity contribution in [3.63, 3.8) is 0 Å². The summed E-state index contributed by atoms with van der Waals surface area (Å²) in [6.45, 7) is 1.92. The fraction of sp³-hybridized carbons (Fsp3) is 0.217. The zero-order chi connectivity index (χ0) is 21.7. The number of nitrogens with zero attached hydrogens (tertiary/aromatic N) is 1. The number of methoxy groups -OCH3 is 1. The van der Waals surface area contributed by atoms with Gasteiger partial charge in [0.2, 0.25) is 5.91 Å². The van der Waals surface area contributed by atoms with Crippen molar-refractivity contribution in [2.75, 3.05) is 12.9 Å². The first-order valence-electron chi connectivity index (χ1n) is 9.26. The highest BCUT2D eigenvalue weighted by Gasteiger charge is 2.44. The fourth-order valence-electron chi connectivity index (χ4n) is 3.30. The first-order chi connectivity index (χ1) is 14.5. The summed E-state index contributed by atoms with van der Waals surface area (Å²) in [4.78, 5) is 37.6. The molecule has 0 radical (unpaired) electrons. The summed E-state index contributed by atoms with van der Waals surface area (Å²) in [7, 11) is 1.21. The molecule has 152 valence electrons. The van der Waals surface area contributed by atoms with Crippen molar-refractivity contribution in [1.82, 2.24) is 5.32 Å². The number of thioether (sulfide) groups is 1. The number of nitrogens with one attached hydrogen (secondary N) is 1. The van der Waals surface area contributed by atoms with E-state index in [0.29, 0.717) is 11.1 Å². The number of ketones is 1. The molecule has 6 nitrogen and oxygen atoms in total. The van der Waals surface area contributed by atoms with E-state index < -0.39 is 23.7 Å². The second kappa shape index (κ2) is 9.42. The first-order valence-corrected chi connectivity index (χ1v) is 10.3. The minimum absolute atomic E-state index is 0.0499. The highest BCUT2D eigenvalue weighted by Crippen LogP contribution is 2.40. The third-order valence-corrected chi connectivity index (χ3v) is 5.88. The molecule has 0 spiro atoms. The fourth-order valence-corrected chi connectivity index (χ4v) is 4.24. The second-order valence-electron chi connectivity index (χ2n) is 6.81. The Labute approximate surface area is 178 Å². The van der Waals surface area contributed by atoms with Crippen LogP contribution < -0.4 is 5.32 Å². The summed E-state index contributed by atoms with van der Waals surface area (Å²) in [6, 6.07) is 18.2. The molecule has 0 fully saturated rings. The predicted octanol–water partition coefficient (Wildman–Crippen LogP) is 3.35. The van der Waals surface area contributed by atoms with Crippen molar-refractivity contribution in [1.29, 1.82) is 5.26 Å². The van der Waals surface area contributed by atoms with E-state index >= 15 is 0 Å². The van der Waals surface area contributed by atoms with E-state index in [9.17, 15) is 19.6 Å². The summed E-state index contributed by atoms with van der Waals surface area (Å²) in [5, 5.41) is 12.8. The number of ether oxygens (including phenoxy) is 1. The van der Waals surface area contributed by atoms with Crippen LogP contribution in [0.2, 0.25) is 0 Å². The lowest BCUT2D eigenvalue weighted by atomic mass is 9.78. The Kier molecular flexibility index (Phi) is 6.70. The summed E-state index contributed by atoms with van der Waals surface area (Å²) in [5.41, 5.74) is 2.46. The van der Waals surface area contributed by atoms with Crippen molar-refractivity contribution in [2.45, 2.75) is 12.8 Å². The van der Waals surface area contributed by atoms with Gasteiger partial charge in [-0.15, -0.1) is 0 Å². The maximum atomic E-state index is 12.8. The van der Waals surface area contributed by atoms with Gasteiger partial charge in [0.15, 0.2) is 5.78 Å². The molecular formula is C23H20N2O4S. The number of allylic oxidation sites excluding steroid dienone is 1. The molecule has 1 aliphatic heterocycles. The molecule has 1 amide bonds. The third-order valence-electron chi connectivity index (χ3n) is 4.86. The summed E-state index contributed by atoms with van der Waals surface area (Å²) in [5.74, 6) is -3.31. The van der Waals surface area contributed by atoms with E-state index in [0.717, 1.165) is 17.3 Å². The zero-order valence-corrected chi connectivity index (χ0v) is 17.4. The monoisotopic (exact) mass is 420 g/mol. The molecule has 2 atom stereocenters. The molecule has 1 N–H and O–H groups in total. The van der Waals surface area contributed by atoms with Crippen molar-refractivity contribution >= 4 is 29.4 Å². The lowest BCUT2D eigenvalue weighted by Crippen LogP contribution is -2.44. The Morgan fingerprint density at radius 2 is 1.80 bits per heavy atom. The number of benzene rings is 2. The number of amides is 1. The van der Waals surface area contributed by atoms with Crippen LogP contribution in [0.25, 0.3) is 0 Å². The third kappa shape index (κ3) is 4.44. The number of esters is 1. The van der Waals surface area contributed by atoms with E-state index in [1.165, 1.54) is 7.11 Å². The van der Waals surface area contributed by atoms with Gasteiger partial charge in [0, 0.05) is 11.5 Å². The van der Waals surface area contributed by atoms with Crippen molar-refractivity contribution in [3.05, 3.63) is 81.9 Å². The number of Topliss-reactive ketones (excluding diaryl/α,β-unsaturated/α-hetero) is 1. The van der Waals surface area contributed by atoms with Crippen molar-refractivity contribution < 1.29 is 19.1 Å². The lowest BCUT2D eigenvalue weighted by Gasteiger charge is -2.31. The molecule has 0 saturated heterocycles. The van der Waals surface area contributed by atoms with Crippen LogP contribution in [0.3, 0.4) is 0 Å². The largest absolute Gasteiger partial charge is 0.468 e. The molecule has 3 rings (SSSR count). The number of nitriles is 1. The van der Waals surface area contributed by atoms with Gasteiger partial charge in [-0.2, -0.15) is 5.26 Å². The minimum atomic E-state index is -1.18. The van der Waals surface area contributed by atoms with Crippen LogP contribution in [0.5, 0.6) is 0 Å². The number of carbonyl (C=O) groups excluding carboxylic acids is 3. The number of rotatable bonds is 6. The Balaban J connectivity index is 1.97. The van der Waals surface area contributed by atoms with Crippen LogP contribution in [0.15, 0.2) is 65.2 Å². The van der Waals surface area contributed by atoms with Gasteiger partial charge in [-0.05, 0) is 12.5 Å². The molecule has 2 aromatic carbocycles. The van der Waals surface area contributed by atoms with Gasteiger partial charge < -0.3 is 10.1 Å². The van der Waals surface area contributed by atoms with E-state index in [1.54, 1.807) is 36.4 Å². The summed E-state index contributed by atoms with van der Waals surface area (Å²) >= 11 is 1.08. The van der Waals surface area contributed by atoms with Crippen LogP contribution >= 0.6 is 11.8 Å². The molecule has 30 heavy (non-hydrogen) atoms. The van der Waals surface area contributed by atoms with Gasteiger partial charge in [-0.1, -0.05) is 71.9 Å². The standard InChI is InChI=1S/C23H20N2O4S/c1-14-8-10-16(11-9-14)19-17(12-24)22(25-21(27)20(19)23(28)29-2)30-13-18(26)15-6-4-3-5-7-15/h3-11,19-20H,13H2,1-2H3,(H,25,27)/t19-,20-/m0/s1. The highest BCUT2D eigenvalue weighted by atomic mass is 32.2. The van der Waals surface area contributed by atoms with Gasteiger partial charge in [0.1, 0.15) is 5.92 Å². The van der Waals surface area contributed by atoms with E-state index in [4.69, 9.17) is 4.74 Å². The molecule has 1 aliphatic rings. The average molecular weight is 420 g/mol. The maximum Gasteiger partial charge on any atom is 0.319 e. The van der Waals surface area contributed by atoms with Gasteiger partial charge >= 0.3 is 5.97 Å². The Morgan fingerprint density at radius 3 is 2.40 bits per heavy atom. The molecule has 7 heteroatoms. The van der Waals surface area contributed by atoms with Crippen molar-refractivity contribution in [2.24, 2.45) is 5.92 Å². The van der Waals surface area contributed by atoms with Crippen LogP contribution in [0.4, 0.5) is 0 Å². The first kappa shape index (κ1) is 21.3. The Bertz CT molecular complexity index is 1040. The molecule has 0 aromatic heterocycles. The second-order valence-corrected chi connectivity index (χ2v) is 7.80. The number of hydrogen-bond donors (Lipinski definition) is 1. The smallest absolute Gasteiger partial charge is 0.319 e. The van der Waals surface area contributed by atoms with E-state index in [2.05, 4.69) is 11.4 Å². The molecule has 0 saturated carbocycles. The molecule has 0 aliphatic carbocycles. The summed E-state index contributed by atoms with van der Waals surface area (Å²) < 4.78 is 4.83. The molecule has 0 bridgehead atoms. The van der Waals surface area contributed by atoms with Gasteiger partial charge in [-0.25, -0.2) is 0 Å². The summed E-state index contributed by atoms with van der Waals surface area (Å²) in [6.07, 6.45) is 0. The molecular weight excluding hydrogens is 400 g/mol. The Hall–Kier alpha value is -3.37. The van der Waals surface area contributed by atoms with Gasteiger partial charge in [-0.3, -0.25) is 14.4 Å². The molecule has 1 heterocycles. The maximum absolute atomic E-state index is 12.8. The number of hydrogen-bond acceptors (Lipinski definition) is 6. The average Bonchev–Trinajstić information content (AvgIpc) is 2.77. The van der Waals surface area contributed by atoms with Gasteiger partial charge in [0.05, 0.1) is 29.5 Å². The predicted molar refractivity (Wildman–Crippen MR) is 113 cm³/mol. The molecule has 2 aromatic rings. The number of aryl methyl sites for hydroxylation is 1. The topological polar surface area (TPSA) is 96.3 Å². The SMILES string of the molecule is COC(=O)[C@@H]1C(=O)NC(SCC(=O)c2ccccc2)=C(C#N)[C@@H]1c1ccc(C)cc1. The lowest BCUT2D eigenvalue weighted by molar-refractivity contribution is -0.150. The number of carbonyl (C=O) groups is 3. The highest BCUT2D eigenvalue weighted by molar-refractivity contribution is 8.03. The quantitative estimate of drug-likeness (QED) is 0.437. The van der Waals surface area contributed by atoms with Crippen LogP contribution in [-0.4, -0.2) is 30.5 Å². The van der Waals surface area contributed by atoms with Gasteiger partial charge in [0.25, 0.3) is 0 Å². The Morgan fingerprint density at radius 1 is 1.13 bits per heavy atom. The molecule has 0 unspecified atom stereocenters. The van der Waals surface area contributed by atoms with Crippen LogP contribution in [0.1, 0.15) is 27.4 Å². The normalized spacial score (nSPS) is 18.4. The van der Waals surface area contributed by atoms with Crippen LogP contribution in [-0.2, 0) is 14.3 Å². The zero-order valence-electron chi connectivity index (χ0n) is 16.5.